The van der Waals surface area contributed by atoms with Gasteiger partial charge in [0.15, 0.2) is 0 Å². The van der Waals surface area contributed by atoms with Gasteiger partial charge in [0.2, 0.25) is 5.91 Å². The Kier molecular flexibility index (Phi) is 7.93. The fourth-order valence-corrected chi connectivity index (χ4v) is 3.24. The third-order valence-electron chi connectivity index (χ3n) is 4.90. The van der Waals surface area contributed by atoms with Gasteiger partial charge in [-0.25, -0.2) is 0 Å². The number of hydrogen-bond acceptors (Lipinski definition) is 4. The van der Waals surface area contributed by atoms with Gasteiger partial charge in [0.05, 0.1) is 14.2 Å². The predicted molar refractivity (Wildman–Crippen MR) is 125 cm³/mol. The minimum absolute atomic E-state index is 0.0761. The van der Waals surface area contributed by atoms with Crippen LogP contribution in [0.5, 0.6) is 11.5 Å². The summed E-state index contributed by atoms with van der Waals surface area (Å²) < 4.78 is 11.4. The van der Waals surface area contributed by atoms with E-state index in [4.69, 9.17) is 9.47 Å². The minimum atomic E-state index is -0.0826. The number of ether oxygens (including phenoxy) is 2. The van der Waals surface area contributed by atoms with Gasteiger partial charge in [0.1, 0.15) is 11.5 Å². The summed E-state index contributed by atoms with van der Waals surface area (Å²) in [6.07, 6.45) is 0. The molecule has 162 valence electrons. The predicted octanol–water partition coefficient (Wildman–Crippen LogP) is 5.51. The van der Waals surface area contributed by atoms with E-state index >= 15 is 0 Å². The Labute approximate surface area is 180 Å². The Balaban J connectivity index is 2.51. The Morgan fingerprint density at radius 1 is 0.867 bits per heavy atom. The van der Waals surface area contributed by atoms with Crippen LogP contribution in [-0.4, -0.2) is 32.2 Å². The van der Waals surface area contributed by atoms with Crippen molar-refractivity contribution < 1.29 is 14.3 Å². The van der Waals surface area contributed by atoms with Crippen LogP contribution < -0.4 is 20.1 Å². The first-order valence-corrected chi connectivity index (χ1v) is 10.3. The van der Waals surface area contributed by atoms with Crippen LogP contribution in [0, 0.1) is 0 Å². The number of allylic oxidation sites excluding steroid dienone is 1. The number of carbonyl (C=O) groups excluding carboxylic acids is 1. The van der Waals surface area contributed by atoms with E-state index in [0.29, 0.717) is 17.4 Å². The highest BCUT2D eigenvalue weighted by atomic mass is 16.5. The molecule has 0 unspecified atom stereocenters. The summed E-state index contributed by atoms with van der Waals surface area (Å²) in [6, 6.07) is 12.6. The maximum Gasteiger partial charge on any atom is 0.247 e. The normalized spacial score (nSPS) is 11.9. The van der Waals surface area contributed by atoms with E-state index in [-0.39, 0.29) is 11.9 Å². The Morgan fingerprint density at radius 3 is 1.97 bits per heavy atom. The van der Waals surface area contributed by atoms with Crippen molar-refractivity contribution in [2.75, 3.05) is 19.5 Å². The number of hydrogen-bond donors (Lipinski definition) is 2. The van der Waals surface area contributed by atoms with Crippen LogP contribution in [0.25, 0.3) is 16.7 Å². The number of amides is 1. The number of methoxy groups -OCH3 is 2. The minimum Gasteiger partial charge on any atom is -0.496 e. The highest BCUT2D eigenvalue weighted by Gasteiger charge is 2.18. The molecule has 5 heteroatoms. The van der Waals surface area contributed by atoms with Crippen molar-refractivity contribution >= 4 is 17.2 Å². The summed E-state index contributed by atoms with van der Waals surface area (Å²) in [4.78, 5) is 12.5. The number of benzene rings is 2. The second kappa shape index (κ2) is 10.2. The number of nitrogens with one attached hydrogen (secondary N) is 2. The van der Waals surface area contributed by atoms with E-state index in [2.05, 4.69) is 48.7 Å². The summed E-state index contributed by atoms with van der Waals surface area (Å²) in [5.74, 6) is 1.34. The summed E-state index contributed by atoms with van der Waals surface area (Å²) >= 11 is 0. The fraction of sp³-hybridized carbons (Fsp3) is 0.400. The third-order valence-corrected chi connectivity index (χ3v) is 4.90. The lowest BCUT2D eigenvalue weighted by Crippen LogP contribution is -2.31. The van der Waals surface area contributed by atoms with Gasteiger partial charge in [0.25, 0.3) is 0 Å². The average Bonchev–Trinajstić information content (AvgIpc) is 2.71. The lowest BCUT2D eigenvalue weighted by molar-refractivity contribution is -0.117. The van der Waals surface area contributed by atoms with Gasteiger partial charge in [-0.2, -0.15) is 0 Å². The zero-order chi connectivity index (χ0) is 22.4. The second-order valence-corrected chi connectivity index (χ2v) is 8.01. The highest BCUT2D eigenvalue weighted by Crippen LogP contribution is 2.39. The van der Waals surface area contributed by atoms with E-state index in [1.165, 1.54) is 0 Å². The summed E-state index contributed by atoms with van der Waals surface area (Å²) in [5.41, 5.74) is 5.38. The van der Waals surface area contributed by atoms with Gasteiger partial charge in [-0.15, -0.1) is 0 Å². The van der Waals surface area contributed by atoms with Crippen LogP contribution >= 0.6 is 0 Å². The first-order chi connectivity index (χ1) is 14.2. The molecule has 30 heavy (non-hydrogen) atoms. The molecule has 2 aromatic rings. The molecule has 0 fully saturated rings. The van der Waals surface area contributed by atoms with E-state index in [1.54, 1.807) is 14.2 Å². The van der Waals surface area contributed by atoms with Crippen LogP contribution in [0.3, 0.4) is 0 Å². The van der Waals surface area contributed by atoms with E-state index in [0.717, 1.165) is 33.7 Å². The molecule has 0 radical (unpaired) electrons. The molecule has 2 rings (SSSR count). The largest absolute Gasteiger partial charge is 0.496 e. The molecule has 0 aliphatic carbocycles. The summed E-state index contributed by atoms with van der Waals surface area (Å²) in [5, 5.41) is 6.34. The number of rotatable bonds is 8. The molecule has 0 heterocycles. The first-order valence-electron chi connectivity index (χ1n) is 10.3. The first kappa shape index (κ1) is 23.3. The van der Waals surface area contributed by atoms with Gasteiger partial charge in [-0.3, -0.25) is 4.79 Å². The van der Waals surface area contributed by atoms with Gasteiger partial charge in [-0.1, -0.05) is 12.1 Å². The molecule has 2 aromatic carbocycles. The van der Waals surface area contributed by atoms with E-state index in [9.17, 15) is 4.79 Å². The molecule has 0 bridgehead atoms. The maximum atomic E-state index is 12.5. The highest BCUT2D eigenvalue weighted by molar-refractivity contribution is 6.01. The maximum absolute atomic E-state index is 12.5. The zero-order valence-electron chi connectivity index (χ0n) is 19.3. The molecule has 2 N–H and O–H groups in total. The monoisotopic (exact) mass is 410 g/mol. The number of anilines is 1. The quantitative estimate of drug-likeness (QED) is 0.564. The molecule has 0 atom stereocenters. The van der Waals surface area contributed by atoms with Crippen molar-refractivity contribution in [2.45, 2.75) is 53.6 Å². The molecule has 0 aliphatic rings. The summed E-state index contributed by atoms with van der Waals surface area (Å²) in [6.45, 7) is 11.9. The summed E-state index contributed by atoms with van der Waals surface area (Å²) in [7, 11) is 3.29. The van der Waals surface area contributed by atoms with Crippen molar-refractivity contribution in [2.24, 2.45) is 0 Å². The lowest BCUT2D eigenvalue weighted by Gasteiger charge is -2.18. The van der Waals surface area contributed by atoms with Gasteiger partial charge in [-0.05, 0) is 76.9 Å². The average molecular weight is 411 g/mol. The van der Waals surface area contributed by atoms with Crippen molar-refractivity contribution in [3.8, 4) is 22.6 Å². The smallest absolute Gasteiger partial charge is 0.247 e. The molecule has 0 saturated carbocycles. The lowest BCUT2D eigenvalue weighted by atomic mass is 9.95. The van der Waals surface area contributed by atoms with Gasteiger partial charge >= 0.3 is 0 Å². The van der Waals surface area contributed by atoms with Gasteiger partial charge in [0, 0.05) is 34.5 Å². The fourth-order valence-electron chi connectivity index (χ4n) is 3.24. The number of carbonyl (C=O) groups is 1. The van der Waals surface area contributed by atoms with E-state index < -0.39 is 0 Å². The Morgan fingerprint density at radius 2 is 1.47 bits per heavy atom. The third kappa shape index (κ3) is 5.56. The van der Waals surface area contributed by atoms with E-state index in [1.807, 2.05) is 39.8 Å². The molecule has 5 nitrogen and oxygen atoms in total. The topological polar surface area (TPSA) is 59.6 Å². The van der Waals surface area contributed by atoms with Crippen molar-refractivity contribution in [3.63, 3.8) is 0 Å². The standard InChI is InChI=1S/C25H34N2O3/c1-15(2)26-20-11-9-19(10-12-20)22-14-23(29-7)21(13-24(22)30-8)17(5)18(6)25(28)27-16(3)4/h9-16,26H,1-8H3,(H,27,28). The van der Waals surface area contributed by atoms with Crippen LogP contribution in [0.2, 0.25) is 0 Å². The zero-order valence-corrected chi connectivity index (χ0v) is 19.3. The molecule has 0 aromatic heterocycles. The van der Waals surface area contributed by atoms with Crippen LogP contribution in [0.15, 0.2) is 42.0 Å². The molecular formula is C25H34N2O3. The molecule has 0 saturated heterocycles. The van der Waals surface area contributed by atoms with Crippen molar-refractivity contribution in [1.82, 2.24) is 5.32 Å². The van der Waals surface area contributed by atoms with Gasteiger partial charge < -0.3 is 20.1 Å². The Hall–Kier alpha value is -2.95. The molecule has 0 aliphatic heterocycles. The molecule has 0 spiro atoms. The van der Waals surface area contributed by atoms with Crippen LogP contribution in [-0.2, 0) is 4.79 Å². The van der Waals surface area contributed by atoms with Crippen LogP contribution in [0.4, 0.5) is 5.69 Å². The van der Waals surface area contributed by atoms with Crippen molar-refractivity contribution in [1.29, 1.82) is 0 Å². The molecular weight excluding hydrogens is 376 g/mol. The SMILES string of the molecule is COc1cc(-c2ccc(NC(C)C)cc2)c(OC)cc1C(C)=C(C)C(=O)NC(C)C. The Bertz CT molecular complexity index is 913. The van der Waals surface area contributed by atoms with Crippen molar-refractivity contribution in [3.05, 3.63) is 47.5 Å². The second-order valence-electron chi connectivity index (χ2n) is 8.01. The molecule has 1 amide bonds. The van der Waals surface area contributed by atoms with Crippen LogP contribution in [0.1, 0.15) is 47.1 Å².